The van der Waals surface area contributed by atoms with Crippen LogP contribution in [0.15, 0.2) is 91.0 Å². The molecule has 3 aromatic rings. The molecule has 0 spiro atoms. The predicted molar refractivity (Wildman–Crippen MR) is 205 cm³/mol. The lowest BCUT2D eigenvalue weighted by Crippen LogP contribution is -2.46. The number of alkyl carbamates (subject to hydrolysis) is 1. The van der Waals surface area contributed by atoms with Crippen molar-refractivity contribution in [3.63, 3.8) is 0 Å². The zero-order valence-corrected chi connectivity index (χ0v) is 31.8. The van der Waals surface area contributed by atoms with Crippen LogP contribution in [0.25, 0.3) is 0 Å². The Balaban J connectivity index is 1.11. The number of hydrogen-bond acceptors (Lipinski definition) is 10. The Labute approximate surface area is 322 Å². The third-order valence-electron chi connectivity index (χ3n) is 7.47. The van der Waals surface area contributed by atoms with Crippen molar-refractivity contribution < 1.29 is 38.0 Å². The van der Waals surface area contributed by atoms with E-state index in [0.29, 0.717) is 85.8 Å². The van der Waals surface area contributed by atoms with E-state index in [4.69, 9.17) is 68.0 Å². The van der Waals surface area contributed by atoms with Gasteiger partial charge >= 0.3 is 6.09 Å². The normalized spacial score (nSPS) is 11.8. The highest BCUT2D eigenvalue weighted by Crippen LogP contribution is 2.36. The highest BCUT2D eigenvalue weighted by atomic mass is 35.6. The number of alkyl halides is 3. The summed E-state index contributed by atoms with van der Waals surface area (Å²) in [6, 6.07) is 31.6. The first-order valence-electron chi connectivity index (χ1n) is 17.5. The number of amides is 1. The van der Waals surface area contributed by atoms with Crippen LogP contribution in [-0.4, -0.2) is 122 Å². The lowest BCUT2D eigenvalue weighted by molar-refractivity contribution is 0.0125. The molecule has 0 bridgehead atoms. The quantitative estimate of drug-likeness (QED) is 0.0483. The second-order valence-corrected chi connectivity index (χ2v) is 13.8. The summed E-state index contributed by atoms with van der Waals surface area (Å²) in [6.07, 6.45) is -0.678. The standard InChI is InChI=1S/C38H52Cl3N3O8/c39-37(40,41)32-52-36(45)43-18-22-48-26-30-50-28-24-46-20-16-42-17-21-47-25-29-51-31-27-49-23-19-44-38(33-10-4-1-5-11-33,34-12-6-2-7-13-34)35-14-8-3-9-15-35/h1-15,42,44H,16-32H2,(H,43,45). The van der Waals surface area contributed by atoms with E-state index in [9.17, 15) is 4.79 Å². The van der Waals surface area contributed by atoms with Crippen LogP contribution in [0.2, 0.25) is 0 Å². The highest BCUT2D eigenvalue weighted by Gasteiger charge is 2.35. The van der Waals surface area contributed by atoms with Crippen LogP contribution in [0.5, 0.6) is 0 Å². The number of benzene rings is 3. The molecule has 3 N–H and O–H groups in total. The largest absolute Gasteiger partial charge is 0.445 e. The number of hydrogen-bond donors (Lipinski definition) is 3. The molecule has 0 saturated carbocycles. The molecular weight excluding hydrogens is 733 g/mol. The van der Waals surface area contributed by atoms with E-state index < -0.39 is 15.4 Å². The minimum absolute atomic E-state index is 0.269. The summed E-state index contributed by atoms with van der Waals surface area (Å²) < 4.78 is 36.7. The SMILES string of the molecule is O=C(NCCOCCOCCOCCNCCOCCOCCOCCNC(c1ccccc1)(c1ccccc1)c1ccccc1)OCC(Cl)(Cl)Cl. The van der Waals surface area contributed by atoms with E-state index in [1.54, 1.807) is 0 Å². The number of halogens is 3. The summed E-state index contributed by atoms with van der Waals surface area (Å²) in [5.41, 5.74) is 3.01. The summed E-state index contributed by atoms with van der Waals surface area (Å²) in [5.74, 6) is 0. The number of carbonyl (C=O) groups excluding carboxylic acids is 1. The molecule has 0 atom stereocenters. The lowest BCUT2D eigenvalue weighted by atomic mass is 9.77. The van der Waals surface area contributed by atoms with Gasteiger partial charge in [-0.1, -0.05) is 126 Å². The summed E-state index contributed by atoms with van der Waals surface area (Å²) in [7, 11) is 0. The zero-order valence-electron chi connectivity index (χ0n) is 29.6. The molecule has 14 heteroatoms. The molecular formula is C38H52Cl3N3O8. The van der Waals surface area contributed by atoms with Crippen molar-refractivity contribution in [1.29, 1.82) is 0 Å². The molecule has 0 aromatic heterocycles. The van der Waals surface area contributed by atoms with Gasteiger partial charge < -0.3 is 43.8 Å². The molecule has 0 saturated heterocycles. The Bertz CT molecular complexity index is 1210. The smallest absolute Gasteiger partial charge is 0.407 e. The fourth-order valence-electron chi connectivity index (χ4n) is 5.10. The average Bonchev–Trinajstić information content (AvgIpc) is 3.16. The number of nitrogens with one attached hydrogen (secondary N) is 3. The molecule has 288 valence electrons. The van der Waals surface area contributed by atoms with E-state index >= 15 is 0 Å². The molecule has 0 radical (unpaired) electrons. The Hall–Kier alpha value is -2.52. The van der Waals surface area contributed by atoms with Crippen molar-refractivity contribution in [2.45, 2.75) is 9.33 Å². The van der Waals surface area contributed by atoms with Crippen molar-refractivity contribution in [1.82, 2.24) is 16.0 Å². The summed E-state index contributed by atoms with van der Waals surface area (Å²) in [6.45, 7) is 7.89. The Morgan fingerprint density at radius 1 is 0.481 bits per heavy atom. The van der Waals surface area contributed by atoms with Crippen molar-refractivity contribution in [3.8, 4) is 0 Å². The van der Waals surface area contributed by atoms with Crippen molar-refractivity contribution in [2.24, 2.45) is 0 Å². The number of carbonyl (C=O) groups is 1. The van der Waals surface area contributed by atoms with Crippen LogP contribution >= 0.6 is 34.8 Å². The molecule has 52 heavy (non-hydrogen) atoms. The van der Waals surface area contributed by atoms with Gasteiger partial charge in [-0.3, -0.25) is 5.32 Å². The third-order valence-corrected chi connectivity index (χ3v) is 7.80. The van der Waals surface area contributed by atoms with E-state index in [1.165, 1.54) is 16.7 Å². The molecule has 3 rings (SSSR count). The molecule has 11 nitrogen and oxygen atoms in total. The molecule has 0 unspecified atom stereocenters. The van der Waals surface area contributed by atoms with Gasteiger partial charge in [0.15, 0.2) is 0 Å². The van der Waals surface area contributed by atoms with Gasteiger partial charge in [-0.25, -0.2) is 4.79 Å². The molecule has 0 aliphatic carbocycles. The zero-order chi connectivity index (χ0) is 37.0. The first-order valence-corrected chi connectivity index (χ1v) is 18.6. The average molecular weight is 785 g/mol. The second kappa shape index (κ2) is 27.1. The fourth-order valence-corrected chi connectivity index (χ4v) is 5.27. The fraction of sp³-hybridized carbons (Fsp3) is 0.500. The monoisotopic (exact) mass is 783 g/mol. The maximum atomic E-state index is 11.4. The van der Waals surface area contributed by atoms with E-state index in [-0.39, 0.29) is 13.2 Å². The summed E-state index contributed by atoms with van der Waals surface area (Å²) >= 11 is 16.5. The molecule has 0 aliphatic rings. The maximum absolute atomic E-state index is 11.4. The van der Waals surface area contributed by atoms with Crippen LogP contribution in [0.4, 0.5) is 4.79 Å². The minimum Gasteiger partial charge on any atom is -0.445 e. The molecule has 0 aliphatic heterocycles. The van der Waals surface area contributed by atoms with Gasteiger partial charge in [-0.05, 0) is 16.7 Å². The number of rotatable bonds is 29. The number of ether oxygens (including phenoxy) is 7. The first kappa shape index (κ1) is 43.9. The van der Waals surface area contributed by atoms with Gasteiger partial charge in [-0.15, -0.1) is 0 Å². The van der Waals surface area contributed by atoms with E-state index in [2.05, 4.69) is 88.7 Å². The molecule has 0 fully saturated rings. The predicted octanol–water partition coefficient (Wildman–Crippen LogP) is 5.35. The van der Waals surface area contributed by atoms with Crippen LogP contribution < -0.4 is 16.0 Å². The van der Waals surface area contributed by atoms with Crippen LogP contribution in [0.3, 0.4) is 0 Å². The van der Waals surface area contributed by atoms with E-state index in [0.717, 1.165) is 13.1 Å². The second-order valence-electron chi connectivity index (χ2n) is 11.3. The first-order chi connectivity index (χ1) is 25.4. The van der Waals surface area contributed by atoms with E-state index in [1.807, 2.05) is 18.2 Å². The van der Waals surface area contributed by atoms with Crippen LogP contribution in [-0.2, 0) is 38.7 Å². The van der Waals surface area contributed by atoms with Gasteiger partial charge in [0, 0.05) is 26.2 Å². The molecule has 3 aromatic carbocycles. The van der Waals surface area contributed by atoms with Gasteiger partial charge in [0.25, 0.3) is 0 Å². The summed E-state index contributed by atoms with van der Waals surface area (Å²) in [4.78, 5) is 11.4. The van der Waals surface area contributed by atoms with Crippen LogP contribution in [0.1, 0.15) is 16.7 Å². The topological polar surface area (TPSA) is 118 Å². The molecule has 1 amide bonds. The van der Waals surface area contributed by atoms with Crippen molar-refractivity contribution in [2.75, 3.05) is 112 Å². The Morgan fingerprint density at radius 2 is 0.827 bits per heavy atom. The van der Waals surface area contributed by atoms with Gasteiger partial charge in [0.2, 0.25) is 3.79 Å². The Morgan fingerprint density at radius 3 is 1.21 bits per heavy atom. The maximum Gasteiger partial charge on any atom is 0.407 e. The van der Waals surface area contributed by atoms with Gasteiger partial charge in [-0.2, -0.15) is 0 Å². The van der Waals surface area contributed by atoms with Crippen molar-refractivity contribution in [3.05, 3.63) is 108 Å². The summed E-state index contributed by atoms with van der Waals surface area (Å²) in [5, 5.41) is 9.59. The van der Waals surface area contributed by atoms with Crippen molar-refractivity contribution >= 4 is 40.9 Å². The Kier molecular flexibility index (Phi) is 22.9. The highest BCUT2D eigenvalue weighted by molar-refractivity contribution is 6.67. The molecule has 0 heterocycles. The lowest BCUT2D eigenvalue weighted by Gasteiger charge is -2.37. The van der Waals surface area contributed by atoms with Gasteiger partial charge in [0.1, 0.15) is 6.61 Å². The van der Waals surface area contributed by atoms with Gasteiger partial charge in [0.05, 0.1) is 84.8 Å². The van der Waals surface area contributed by atoms with Crippen LogP contribution in [0, 0.1) is 0 Å². The third kappa shape index (κ3) is 18.5. The minimum atomic E-state index is -1.64.